The summed E-state index contributed by atoms with van der Waals surface area (Å²) in [6, 6.07) is 13.4. The topological polar surface area (TPSA) is 90.9 Å². The first-order chi connectivity index (χ1) is 10.6. The maximum atomic E-state index is 12.2. The Kier molecular flexibility index (Phi) is 3.45. The van der Waals surface area contributed by atoms with Crippen molar-refractivity contribution in [1.82, 2.24) is 15.0 Å². The highest BCUT2D eigenvalue weighted by Gasteiger charge is 2.13. The summed E-state index contributed by atoms with van der Waals surface area (Å²) < 4.78 is 1.11. The second-order valence-corrected chi connectivity index (χ2v) is 4.51. The fraction of sp³-hybridized carbons (Fsp3) is 0. The van der Waals surface area contributed by atoms with Crippen molar-refractivity contribution in [2.45, 2.75) is 0 Å². The summed E-state index contributed by atoms with van der Waals surface area (Å²) in [7, 11) is 0. The van der Waals surface area contributed by atoms with Gasteiger partial charge in [-0.1, -0.05) is 35.5 Å². The van der Waals surface area contributed by atoms with Crippen LogP contribution >= 0.6 is 0 Å². The standard InChI is InChI=1S/C15H10N4O3/c20-15(9-6-11-4-2-1-3-5-11)18-14-8-7-12(19(21)22)10-13(14)16-17-18/h1-10H. The molecule has 7 nitrogen and oxygen atoms in total. The van der Waals surface area contributed by atoms with Crippen molar-refractivity contribution < 1.29 is 9.72 Å². The molecule has 0 spiro atoms. The predicted octanol–water partition coefficient (Wildman–Crippen LogP) is 2.69. The molecule has 0 aliphatic rings. The van der Waals surface area contributed by atoms with Crippen LogP contribution < -0.4 is 0 Å². The van der Waals surface area contributed by atoms with Gasteiger partial charge in [0, 0.05) is 18.2 Å². The third kappa shape index (κ3) is 2.59. The van der Waals surface area contributed by atoms with Crippen LogP contribution in [0.2, 0.25) is 0 Å². The number of nitro benzene ring substituents is 1. The number of fused-ring (bicyclic) bond motifs is 1. The third-order valence-electron chi connectivity index (χ3n) is 3.07. The van der Waals surface area contributed by atoms with Crippen LogP contribution in [0, 0.1) is 10.1 Å². The molecule has 0 radical (unpaired) electrons. The average Bonchev–Trinajstić information content (AvgIpc) is 2.96. The van der Waals surface area contributed by atoms with E-state index in [9.17, 15) is 14.9 Å². The Morgan fingerprint density at radius 2 is 1.95 bits per heavy atom. The minimum Gasteiger partial charge on any atom is -0.267 e. The maximum Gasteiger partial charge on any atom is 0.272 e. The smallest absolute Gasteiger partial charge is 0.267 e. The number of carbonyl (C=O) groups excluding carboxylic acids is 1. The molecule has 0 bridgehead atoms. The number of hydrogen-bond acceptors (Lipinski definition) is 5. The fourth-order valence-corrected chi connectivity index (χ4v) is 1.99. The number of hydrogen-bond donors (Lipinski definition) is 0. The number of carbonyl (C=O) groups is 1. The first-order valence-electron chi connectivity index (χ1n) is 6.42. The molecule has 0 amide bonds. The third-order valence-corrected chi connectivity index (χ3v) is 3.07. The molecule has 0 saturated heterocycles. The molecule has 0 aliphatic heterocycles. The van der Waals surface area contributed by atoms with Gasteiger partial charge in [0.15, 0.2) is 0 Å². The summed E-state index contributed by atoms with van der Waals surface area (Å²) >= 11 is 0. The molecule has 108 valence electrons. The van der Waals surface area contributed by atoms with Crippen LogP contribution in [0.5, 0.6) is 0 Å². The maximum absolute atomic E-state index is 12.2. The van der Waals surface area contributed by atoms with E-state index in [1.165, 1.54) is 24.3 Å². The second-order valence-electron chi connectivity index (χ2n) is 4.51. The monoisotopic (exact) mass is 294 g/mol. The van der Waals surface area contributed by atoms with Gasteiger partial charge in [-0.05, 0) is 17.7 Å². The largest absolute Gasteiger partial charge is 0.272 e. The Morgan fingerprint density at radius 3 is 2.68 bits per heavy atom. The summed E-state index contributed by atoms with van der Waals surface area (Å²) in [6.07, 6.45) is 3.05. The van der Waals surface area contributed by atoms with Crippen LogP contribution in [0.3, 0.4) is 0 Å². The zero-order chi connectivity index (χ0) is 15.5. The first-order valence-corrected chi connectivity index (χ1v) is 6.42. The second kappa shape index (κ2) is 5.57. The highest BCUT2D eigenvalue weighted by Crippen LogP contribution is 2.18. The van der Waals surface area contributed by atoms with Gasteiger partial charge in [-0.15, -0.1) is 5.10 Å². The van der Waals surface area contributed by atoms with Crippen molar-refractivity contribution >= 4 is 28.7 Å². The number of aromatic nitrogens is 3. The van der Waals surface area contributed by atoms with E-state index in [-0.39, 0.29) is 11.6 Å². The van der Waals surface area contributed by atoms with Gasteiger partial charge in [-0.3, -0.25) is 14.9 Å². The minimum absolute atomic E-state index is 0.0909. The number of non-ortho nitro benzene ring substituents is 1. The summed E-state index contributed by atoms with van der Waals surface area (Å²) in [6.45, 7) is 0. The molecule has 3 aromatic rings. The molecular weight excluding hydrogens is 284 g/mol. The molecular formula is C15H10N4O3. The highest BCUT2D eigenvalue weighted by molar-refractivity contribution is 5.98. The van der Waals surface area contributed by atoms with Crippen LogP contribution in [-0.4, -0.2) is 25.8 Å². The van der Waals surface area contributed by atoms with Crippen LogP contribution in [0.15, 0.2) is 54.6 Å². The fourth-order valence-electron chi connectivity index (χ4n) is 1.99. The van der Waals surface area contributed by atoms with Gasteiger partial charge in [0.05, 0.1) is 10.4 Å². The first kappa shape index (κ1) is 13.6. The Bertz CT molecular complexity index is 884. The Balaban J connectivity index is 1.91. The predicted molar refractivity (Wildman–Crippen MR) is 80.3 cm³/mol. The Morgan fingerprint density at radius 1 is 1.18 bits per heavy atom. The molecule has 22 heavy (non-hydrogen) atoms. The van der Waals surface area contributed by atoms with E-state index in [0.29, 0.717) is 11.0 Å². The average molecular weight is 294 g/mol. The molecule has 1 aromatic heterocycles. The molecule has 7 heteroatoms. The van der Waals surface area contributed by atoms with Gasteiger partial charge < -0.3 is 0 Å². The van der Waals surface area contributed by atoms with E-state index in [1.807, 2.05) is 30.3 Å². The number of nitro groups is 1. The highest BCUT2D eigenvalue weighted by atomic mass is 16.6. The molecule has 0 saturated carbocycles. The van der Waals surface area contributed by atoms with Crippen molar-refractivity contribution in [1.29, 1.82) is 0 Å². The van der Waals surface area contributed by atoms with E-state index in [4.69, 9.17) is 0 Å². The Hall–Kier alpha value is -3.35. The Labute approximate surface area is 124 Å². The van der Waals surface area contributed by atoms with Crippen LogP contribution in [-0.2, 0) is 0 Å². The van der Waals surface area contributed by atoms with Gasteiger partial charge >= 0.3 is 0 Å². The van der Waals surface area contributed by atoms with Crippen LogP contribution in [0.1, 0.15) is 10.4 Å². The number of benzene rings is 2. The van der Waals surface area contributed by atoms with Gasteiger partial charge in [0.25, 0.3) is 11.6 Å². The van der Waals surface area contributed by atoms with E-state index >= 15 is 0 Å². The zero-order valence-corrected chi connectivity index (χ0v) is 11.3. The number of nitrogens with zero attached hydrogens (tertiary/aromatic N) is 4. The minimum atomic E-state index is -0.518. The van der Waals surface area contributed by atoms with Crippen LogP contribution in [0.25, 0.3) is 17.1 Å². The molecule has 3 rings (SSSR count). The van der Waals surface area contributed by atoms with Crippen LogP contribution in [0.4, 0.5) is 5.69 Å². The molecule has 0 unspecified atom stereocenters. The van der Waals surface area contributed by atoms with Gasteiger partial charge in [-0.25, -0.2) is 0 Å². The van der Waals surface area contributed by atoms with Crippen molar-refractivity contribution in [3.05, 3.63) is 70.3 Å². The van der Waals surface area contributed by atoms with E-state index in [2.05, 4.69) is 10.3 Å². The van der Waals surface area contributed by atoms with E-state index < -0.39 is 4.92 Å². The van der Waals surface area contributed by atoms with Gasteiger partial charge in [-0.2, -0.15) is 4.68 Å². The van der Waals surface area contributed by atoms with E-state index in [1.54, 1.807) is 6.08 Å². The molecule has 0 aliphatic carbocycles. The lowest BCUT2D eigenvalue weighted by Gasteiger charge is -1.96. The summed E-state index contributed by atoms with van der Waals surface area (Å²) in [5.74, 6) is -0.375. The SMILES string of the molecule is O=C(C=Cc1ccccc1)n1nnc2cc([N+](=O)[O-])ccc21. The summed E-state index contributed by atoms with van der Waals surface area (Å²) in [5.41, 5.74) is 1.52. The molecule has 1 heterocycles. The lowest BCUT2D eigenvalue weighted by Crippen LogP contribution is -2.09. The van der Waals surface area contributed by atoms with Crippen molar-refractivity contribution in [3.63, 3.8) is 0 Å². The normalized spacial score (nSPS) is 11.1. The van der Waals surface area contributed by atoms with Crippen molar-refractivity contribution in [3.8, 4) is 0 Å². The lowest BCUT2D eigenvalue weighted by molar-refractivity contribution is -0.384. The lowest BCUT2D eigenvalue weighted by atomic mass is 10.2. The van der Waals surface area contributed by atoms with Crippen molar-refractivity contribution in [2.24, 2.45) is 0 Å². The number of allylic oxidation sites excluding steroid dienone is 1. The summed E-state index contributed by atoms with van der Waals surface area (Å²) in [4.78, 5) is 22.4. The quantitative estimate of drug-likeness (QED) is 0.421. The van der Waals surface area contributed by atoms with Crippen molar-refractivity contribution in [2.75, 3.05) is 0 Å². The summed E-state index contributed by atoms with van der Waals surface area (Å²) in [5, 5.41) is 18.3. The number of rotatable bonds is 3. The van der Waals surface area contributed by atoms with E-state index in [0.717, 1.165) is 10.2 Å². The van der Waals surface area contributed by atoms with Gasteiger partial charge in [0.1, 0.15) is 5.52 Å². The molecule has 2 aromatic carbocycles. The molecule has 0 atom stereocenters. The molecule has 0 fully saturated rings. The molecule has 0 N–H and O–H groups in total. The zero-order valence-electron chi connectivity index (χ0n) is 11.3. The van der Waals surface area contributed by atoms with Gasteiger partial charge in [0.2, 0.25) is 0 Å².